The number of carbonyl (C=O) groups excluding carboxylic acids is 1. The van der Waals surface area contributed by atoms with Crippen molar-refractivity contribution in [2.75, 3.05) is 25.1 Å². The molecule has 1 N–H and O–H groups in total. The Morgan fingerprint density at radius 3 is 2.42 bits per heavy atom. The number of methoxy groups -OCH3 is 1. The van der Waals surface area contributed by atoms with Crippen LogP contribution in [0.3, 0.4) is 0 Å². The van der Waals surface area contributed by atoms with Crippen LogP contribution in [-0.2, 0) is 9.53 Å². The molecule has 204 valence electrons. The van der Waals surface area contributed by atoms with Gasteiger partial charge in [-0.05, 0) is 117 Å². The van der Waals surface area contributed by atoms with Crippen molar-refractivity contribution in [2.24, 2.45) is 17.3 Å². The predicted octanol–water partition coefficient (Wildman–Crippen LogP) is 6.59. The molecule has 1 aromatic rings. The van der Waals surface area contributed by atoms with Crippen molar-refractivity contribution in [1.82, 2.24) is 0 Å². The van der Waals surface area contributed by atoms with Crippen LogP contribution < -0.4 is 4.90 Å². The highest BCUT2D eigenvalue weighted by Gasteiger charge is 2.56. The summed E-state index contributed by atoms with van der Waals surface area (Å²) in [6.45, 7) is 8.39. The third-order valence-corrected chi connectivity index (χ3v) is 10.3. The first-order valence-corrected chi connectivity index (χ1v) is 14.7. The smallest absolute Gasteiger partial charge is 0.156 e. The van der Waals surface area contributed by atoms with Crippen LogP contribution in [0.4, 0.5) is 5.69 Å². The van der Waals surface area contributed by atoms with Gasteiger partial charge >= 0.3 is 0 Å². The zero-order chi connectivity index (χ0) is 27.1. The maximum absolute atomic E-state index is 12.1. The minimum absolute atomic E-state index is 0.0126. The number of hydrogen-bond donors (Lipinski definition) is 1. The number of terminal acetylenes is 1. The molecule has 1 saturated heterocycles. The summed E-state index contributed by atoms with van der Waals surface area (Å²) >= 11 is 0. The number of aliphatic hydroxyl groups is 1. The third kappa shape index (κ3) is 5.01. The number of rotatable bonds is 3. The molecule has 4 nitrogen and oxygen atoms in total. The van der Waals surface area contributed by atoms with Gasteiger partial charge in [0.2, 0.25) is 0 Å². The maximum atomic E-state index is 12.1. The number of ether oxygens (including phenoxy) is 1. The molecule has 0 amide bonds. The van der Waals surface area contributed by atoms with Crippen LogP contribution in [0, 0.1) is 29.6 Å². The standard InChI is InChI=1S/C28H35NO2.C6H10O/c1-28-17-24(18-4-7-20(8-5-18)29-14-2-3-15-29)27-22-11-9-21(30)16-19(22)6-10-23(27)25(28)12-13-26(28)31;1-5-6(2,3)7-4/h4-5,7-8,16,23-26,31H,2-3,6,9-15,17H2,1H3;1H,2-4H3. The van der Waals surface area contributed by atoms with Gasteiger partial charge in [-0.25, -0.2) is 0 Å². The normalized spacial score (nSPS) is 32.5. The number of aliphatic hydroxyl groups excluding tert-OH is 1. The van der Waals surface area contributed by atoms with E-state index in [1.807, 2.05) is 19.9 Å². The SMILES string of the molecule is C#CC(C)(C)OC.CC12CC(c3ccc(N4CCCC4)cc3)C3=C4CCC(=O)C=C4CCC3C1CCC2O. The quantitative estimate of drug-likeness (QED) is 0.461. The van der Waals surface area contributed by atoms with E-state index in [9.17, 15) is 9.90 Å². The molecule has 5 aliphatic rings. The Hall–Kier alpha value is -2.35. The Morgan fingerprint density at radius 1 is 1.08 bits per heavy atom. The third-order valence-electron chi connectivity index (χ3n) is 10.3. The molecule has 4 aliphatic carbocycles. The first-order chi connectivity index (χ1) is 18.2. The van der Waals surface area contributed by atoms with E-state index in [2.05, 4.69) is 42.0 Å². The van der Waals surface area contributed by atoms with Gasteiger partial charge in [-0.15, -0.1) is 6.42 Å². The fourth-order valence-corrected chi connectivity index (χ4v) is 7.88. The Bertz CT molecular complexity index is 1150. The van der Waals surface area contributed by atoms with Gasteiger partial charge in [0.1, 0.15) is 5.60 Å². The van der Waals surface area contributed by atoms with E-state index >= 15 is 0 Å². The maximum Gasteiger partial charge on any atom is 0.156 e. The molecule has 2 saturated carbocycles. The van der Waals surface area contributed by atoms with Crippen LogP contribution in [0.25, 0.3) is 0 Å². The van der Waals surface area contributed by atoms with Crippen LogP contribution in [0.15, 0.2) is 47.1 Å². The topological polar surface area (TPSA) is 49.8 Å². The highest BCUT2D eigenvalue weighted by Crippen LogP contribution is 2.63. The van der Waals surface area contributed by atoms with Gasteiger partial charge < -0.3 is 14.7 Å². The van der Waals surface area contributed by atoms with Gasteiger partial charge in [0.05, 0.1) is 6.10 Å². The molecule has 4 heteroatoms. The van der Waals surface area contributed by atoms with E-state index < -0.39 is 0 Å². The fourth-order valence-electron chi connectivity index (χ4n) is 7.88. The zero-order valence-corrected chi connectivity index (χ0v) is 23.8. The molecule has 0 spiro atoms. The molecule has 6 rings (SSSR count). The Kier molecular flexibility index (Phi) is 7.64. The molecule has 0 aromatic heterocycles. The van der Waals surface area contributed by atoms with E-state index in [1.54, 1.807) is 12.7 Å². The highest BCUT2D eigenvalue weighted by atomic mass is 16.5. The Balaban J connectivity index is 0.000000374. The molecule has 0 bridgehead atoms. The van der Waals surface area contributed by atoms with Crippen molar-refractivity contribution in [2.45, 2.75) is 96.2 Å². The fraction of sp³-hybridized carbons (Fsp3) is 0.618. The number of allylic oxidation sites excluding steroid dienone is 4. The van der Waals surface area contributed by atoms with Gasteiger partial charge in [-0.3, -0.25) is 4.79 Å². The summed E-state index contributed by atoms with van der Waals surface area (Å²) in [7, 11) is 1.60. The zero-order valence-electron chi connectivity index (χ0n) is 23.8. The summed E-state index contributed by atoms with van der Waals surface area (Å²) in [4.78, 5) is 14.6. The molecule has 1 heterocycles. The first kappa shape index (κ1) is 27.2. The molecule has 1 aliphatic heterocycles. The van der Waals surface area contributed by atoms with Gasteiger partial charge in [0.25, 0.3) is 0 Å². The number of anilines is 1. The van der Waals surface area contributed by atoms with Crippen molar-refractivity contribution >= 4 is 11.5 Å². The summed E-state index contributed by atoms with van der Waals surface area (Å²) in [6.07, 6.45) is 16.3. The van der Waals surface area contributed by atoms with Gasteiger partial charge in [-0.1, -0.05) is 30.6 Å². The number of fused-ring (bicyclic) bond motifs is 4. The lowest BCUT2D eigenvalue weighted by Gasteiger charge is -2.52. The minimum atomic E-state index is -0.389. The second-order valence-electron chi connectivity index (χ2n) is 12.8. The number of benzene rings is 1. The number of carbonyl (C=O) groups is 1. The lowest BCUT2D eigenvalue weighted by atomic mass is 9.53. The molecule has 0 radical (unpaired) electrons. The van der Waals surface area contributed by atoms with Crippen LogP contribution in [-0.4, -0.2) is 42.8 Å². The number of nitrogens with zero attached hydrogens (tertiary/aromatic N) is 1. The van der Waals surface area contributed by atoms with E-state index in [-0.39, 0.29) is 17.1 Å². The van der Waals surface area contributed by atoms with E-state index in [0.717, 1.165) is 38.5 Å². The van der Waals surface area contributed by atoms with Crippen molar-refractivity contribution in [3.05, 3.63) is 52.6 Å². The monoisotopic (exact) mass is 515 g/mol. The molecular weight excluding hydrogens is 470 g/mol. The lowest BCUT2D eigenvalue weighted by molar-refractivity contribution is -0.114. The van der Waals surface area contributed by atoms with Crippen molar-refractivity contribution in [3.63, 3.8) is 0 Å². The predicted molar refractivity (Wildman–Crippen MR) is 154 cm³/mol. The van der Waals surface area contributed by atoms with Crippen molar-refractivity contribution in [1.29, 1.82) is 0 Å². The molecule has 3 fully saturated rings. The molecule has 5 atom stereocenters. The Labute approximate surface area is 229 Å². The summed E-state index contributed by atoms with van der Waals surface area (Å²) in [5, 5.41) is 11.0. The van der Waals surface area contributed by atoms with E-state index in [4.69, 9.17) is 11.2 Å². The van der Waals surface area contributed by atoms with Crippen molar-refractivity contribution in [3.8, 4) is 12.3 Å². The number of ketones is 1. The van der Waals surface area contributed by atoms with E-state index in [0.29, 0.717) is 30.0 Å². The van der Waals surface area contributed by atoms with Crippen LogP contribution in [0.5, 0.6) is 0 Å². The summed E-state index contributed by atoms with van der Waals surface area (Å²) in [5.74, 6) is 4.31. The first-order valence-electron chi connectivity index (χ1n) is 14.7. The van der Waals surface area contributed by atoms with Crippen LogP contribution >= 0.6 is 0 Å². The molecule has 1 aromatic carbocycles. The highest BCUT2D eigenvalue weighted by molar-refractivity contribution is 5.93. The van der Waals surface area contributed by atoms with Crippen LogP contribution in [0.1, 0.15) is 90.0 Å². The van der Waals surface area contributed by atoms with Crippen LogP contribution in [0.2, 0.25) is 0 Å². The lowest BCUT2D eigenvalue weighted by Crippen LogP contribution is -2.45. The largest absolute Gasteiger partial charge is 0.393 e. The summed E-state index contributed by atoms with van der Waals surface area (Å²) < 4.78 is 4.85. The molecule has 38 heavy (non-hydrogen) atoms. The molecule has 5 unspecified atom stereocenters. The van der Waals surface area contributed by atoms with E-state index in [1.165, 1.54) is 48.3 Å². The van der Waals surface area contributed by atoms with Gasteiger partial charge in [0.15, 0.2) is 5.78 Å². The minimum Gasteiger partial charge on any atom is -0.393 e. The number of hydrogen-bond acceptors (Lipinski definition) is 4. The average molecular weight is 516 g/mol. The molecular formula is C34H45NO3. The van der Waals surface area contributed by atoms with Gasteiger partial charge in [-0.2, -0.15) is 0 Å². The summed E-state index contributed by atoms with van der Waals surface area (Å²) in [5.41, 5.74) is 6.85. The van der Waals surface area contributed by atoms with Gasteiger partial charge in [0, 0.05) is 38.2 Å². The van der Waals surface area contributed by atoms with Crippen molar-refractivity contribution < 1.29 is 14.6 Å². The average Bonchev–Trinajstić information content (AvgIpc) is 3.57. The second-order valence-corrected chi connectivity index (χ2v) is 12.8. The summed E-state index contributed by atoms with van der Waals surface area (Å²) in [6, 6.07) is 9.37. The second kappa shape index (κ2) is 10.7. The Morgan fingerprint density at radius 2 is 1.79 bits per heavy atom.